The molecule has 1 aromatic rings. The molecule has 0 atom stereocenters. The SMILES string of the molecule is CCc1ncc2c(n1)CC(C)=C2. The number of rotatable bonds is 1. The van der Waals surface area contributed by atoms with Crippen LogP contribution in [0.4, 0.5) is 0 Å². The van der Waals surface area contributed by atoms with Crippen molar-refractivity contribution in [1.29, 1.82) is 0 Å². The fourth-order valence-electron chi connectivity index (χ4n) is 1.48. The van der Waals surface area contributed by atoms with Crippen LogP contribution in [0.25, 0.3) is 6.08 Å². The van der Waals surface area contributed by atoms with Gasteiger partial charge in [-0.15, -0.1) is 0 Å². The van der Waals surface area contributed by atoms with Gasteiger partial charge in [-0.05, 0) is 6.92 Å². The zero-order valence-electron chi connectivity index (χ0n) is 7.46. The number of nitrogens with zero attached hydrogens (tertiary/aromatic N) is 2. The van der Waals surface area contributed by atoms with Crippen molar-refractivity contribution in [2.24, 2.45) is 0 Å². The topological polar surface area (TPSA) is 25.8 Å². The first kappa shape index (κ1) is 7.47. The Hall–Kier alpha value is -1.18. The minimum atomic E-state index is 0.923. The standard InChI is InChI=1S/C10H12N2/c1-3-10-11-6-8-4-7(2)5-9(8)12-10/h4,6H,3,5H2,1-2H3. The van der Waals surface area contributed by atoms with E-state index in [4.69, 9.17) is 0 Å². The summed E-state index contributed by atoms with van der Waals surface area (Å²) in [5, 5.41) is 0. The van der Waals surface area contributed by atoms with Gasteiger partial charge < -0.3 is 0 Å². The molecule has 0 aliphatic heterocycles. The molecule has 0 unspecified atom stereocenters. The van der Waals surface area contributed by atoms with Gasteiger partial charge in [0.05, 0.1) is 5.69 Å². The van der Waals surface area contributed by atoms with E-state index in [1.54, 1.807) is 0 Å². The molecule has 1 aromatic heterocycles. The highest BCUT2D eigenvalue weighted by Crippen LogP contribution is 2.21. The molecule has 0 saturated carbocycles. The second-order valence-corrected chi connectivity index (χ2v) is 3.21. The Balaban J connectivity index is 2.42. The number of hydrogen-bond acceptors (Lipinski definition) is 2. The summed E-state index contributed by atoms with van der Waals surface area (Å²) in [5.74, 6) is 0.955. The summed E-state index contributed by atoms with van der Waals surface area (Å²) in [7, 11) is 0. The highest BCUT2D eigenvalue weighted by Gasteiger charge is 2.11. The third-order valence-corrected chi connectivity index (χ3v) is 2.11. The summed E-state index contributed by atoms with van der Waals surface area (Å²) in [6.07, 6.45) is 6.02. The molecule has 0 amide bonds. The lowest BCUT2D eigenvalue weighted by molar-refractivity contribution is 0.900. The summed E-state index contributed by atoms with van der Waals surface area (Å²) in [5.41, 5.74) is 3.77. The summed E-state index contributed by atoms with van der Waals surface area (Å²) in [6, 6.07) is 0. The van der Waals surface area contributed by atoms with Gasteiger partial charge in [-0.1, -0.05) is 18.6 Å². The molecule has 2 nitrogen and oxygen atoms in total. The van der Waals surface area contributed by atoms with Crippen LogP contribution in [-0.2, 0) is 12.8 Å². The summed E-state index contributed by atoms with van der Waals surface area (Å²) in [6.45, 7) is 4.21. The molecule has 0 fully saturated rings. The van der Waals surface area contributed by atoms with Crippen molar-refractivity contribution in [2.75, 3.05) is 0 Å². The third-order valence-electron chi connectivity index (χ3n) is 2.11. The molecule has 0 saturated heterocycles. The Labute approximate surface area is 72.4 Å². The van der Waals surface area contributed by atoms with Gasteiger partial charge in [0.1, 0.15) is 5.82 Å². The van der Waals surface area contributed by atoms with Crippen LogP contribution in [0.5, 0.6) is 0 Å². The molecule has 1 aliphatic rings. The van der Waals surface area contributed by atoms with Crippen molar-refractivity contribution in [3.05, 3.63) is 28.9 Å². The van der Waals surface area contributed by atoms with Crippen LogP contribution in [0.15, 0.2) is 11.8 Å². The van der Waals surface area contributed by atoms with E-state index in [0.717, 1.165) is 18.7 Å². The van der Waals surface area contributed by atoms with Gasteiger partial charge in [0.2, 0.25) is 0 Å². The molecule has 62 valence electrons. The third kappa shape index (κ3) is 1.13. The van der Waals surface area contributed by atoms with E-state index in [1.165, 1.54) is 16.8 Å². The normalized spacial score (nSPS) is 14.3. The second kappa shape index (κ2) is 2.70. The molecule has 0 bridgehead atoms. The van der Waals surface area contributed by atoms with E-state index in [0.29, 0.717) is 0 Å². The van der Waals surface area contributed by atoms with Crippen molar-refractivity contribution in [3.63, 3.8) is 0 Å². The number of hydrogen-bond donors (Lipinski definition) is 0. The smallest absolute Gasteiger partial charge is 0.128 e. The van der Waals surface area contributed by atoms with Crippen molar-refractivity contribution < 1.29 is 0 Å². The molecule has 2 heteroatoms. The molecule has 0 radical (unpaired) electrons. The Morgan fingerprint density at radius 3 is 3.08 bits per heavy atom. The molecular formula is C10H12N2. The predicted octanol–water partition coefficient (Wildman–Crippen LogP) is 2.00. The van der Waals surface area contributed by atoms with Crippen molar-refractivity contribution in [3.8, 4) is 0 Å². The van der Waals surface area contributed by atoms with E-state index in [2.05, 4.69) is 29.9 Å². The number of fused-ring (bicyclic) bond motifs is 1. The molecule has 12 heavy (non-hydrogen) atoms. The van der Waals surface area contributed by atoms with Crippen LogP contribution in [0.1, 0.15) is 30.9 Å². The van der Waals surface area contributed by atoms with Crippen molar-refractivity contribution in [2.45, 2.75) is 26.7 Å². The Kier molecular flexibility index (Phi) is 1.68. The maximum Gasteiger partial charge on any atom is 0.128 e. The molecule has 0 spiro atoms. The summed E-state index contributed by atoms with van der Waals surface area (Å²) < 4.78 is 0. The fraction of sp³-hybridized carbons (Fsp3) is 0.400. The molecule has 1 aliphatic carbocycles. The maximum atomic E-state index is 4.46. The van der Waals surface area contributed by atoms with Gasteiger partial charge >= 0.3 is 0 Å². The number of aromatic nitrogens is 2. The molecular weight excluding hydrogens is 148 g/mol. The van der Waals surface area contributed by atoms with E-state index >= 15 is 0 Å². The fourth-order valence-corrected chi connectivity index (χ4v) is 1.48. The second-order valence-electron chi connectivity index (χ2n) is 3.21. The molecule has 1 heterocycles. The average Bonchev–Trinajstić information content (AvgIpc) is 2.43. The van der Waals surface area contributed by atoms with Crippen molar-refractivity contribution in [1.82, 2.24) is 9.97 Å². The number of aryl methyl sites for hydroxylation is 1. The maximum absolute atomic E-state index is 4.46. The predicted molar refractivity (Wildman–Crippen MR) is 48.8 cm³/mol. The van der Waals surface area contributed by atoms with Crippen LogP contribution in [0.3, 0.4) is 0 Å². The lowest BCUT2D eigenvalue weighted by Crippen LogP contribution is -1.97. The Bertz CT molecular complexity index is 340. The first-order chi connectivity index (χ1) is 5.79. The summed E-state index contributed by atoms with van der Waals surface area (Å²) in [4.78, 5) is 8.71. The van der Waals surface area contributed by atoms with Crippen molar-refractivity contribution >= 4 is 6.08 Å². The van der Waals surface area contributed by atoms with Gasteiger partial charge in [-0.25, -0.2) is 9.97 Å². The minimum Gasteiger partial charge on any atom is -0.241 e. The Morgan fingerprint density at radius 2 is 2.33 bits per heavy atom. The molecule has 0 aromatic carbocycles. The van der Waals surface area contributed by atoms with Gasteiger partial charge in [0.15, 0.2) is 0 Å². The first-order valence-corrected chi connectivity index (χ1v) is 4.31. The van der Waals surface area contributed by atoms with Gasteiger partial charge in [0, 0.05) is 24.6 Å². The van der Waals surface area contributed by atoms with Crippen LogP contribution in [0, 0.1) is 0 Å². The van der Waals surface area contributed by atoms with Gasteiger partial charge in [-0.3, -0.25) is 0 Å². The average molecular weight is 160 g/mol. The quantitative estimate of drug-likeness (QED) is 0.628. The zero-order valence-corrected chi connectivity index (χ0v) is 7.46. The lowest BCUT2D eigenvalue weighted by atomic mass is 10.2. The van der Waals surface area contributed by atoms with Crippen LogP contribution in [-0.4, -0.2) is 9.97 Å². The number of allylic oxidation sites excluding steroid dienone is 1. The van der Waals surface area contributed by atoms with E-state index in [9.17, 15) is 0 Å². The Morgan fingerprint density at radius 1 is 1.50 bits per heavy atom. The zero-order chi connectivity index (χ0) is 8.55. The highest BCUT2D eigenvalue weighted by molar-refractivity contribution is 5.60. The van der Waals surface area contributed by atoms with Crippen LogP contribution in [0.2, 0.25) is 0 Å². The van der Waals surface area contributed by atoms with E-state index in [-0.39, 0.29) is 0 Å². The van der Waals surface area contributed by atoms with Gasteiger partial charge in [0.25, 0.3) is 0 Å². The first-order valence-electron chi connectivity index (χ1n) is 4.31. The highest BCUT2D eigenvalue weighted by atomic mass is 14.9. The largest absolute Gasteiger partial charge is 0.241 e. The summed E-state index contributed by atoms with van der Waals surface area (Å²) >= 11 is 0. The lowest BCUT2D eigenvalue weighted by Gasteiger charge is -1.99. The monoisotopic (exact) mass is 160 g/mol. The minimum absolute atomic E-state index is 0.923. The molecule has 2 rings (SSSR count). The van der Waals surface area contributed by atoms with E-state index in [1.807, 2.05) is 6.20 Å². The molecule has 0 N–H and O–H groups in total. The van der Waals surface area contributed by atoms with Crippen LogP contribution < -0.4 is 0 Å². The van der Waals surface area contributed by atoms with E-state index < -0.39 is 0 Å². The van der Waals surface area contributed by atoms with Crippen LogP contribution >= 0.6 is 0 Å². The van der Waals surface area contributed by atoms with Gasteiger partial charge in [-0.2, -0.15) is 0 Å².